The molecule has 1 heterocycles. The summed E-state index contributed by atoms with van der Waals surface area (Å²) < 4.78 is 9.62. The number of furan rings is 1. The van der Waals surface area contributed by atoms with Crippen molar-refractivity contribution in [2.75, 3.05) is 6.61 Å². The van der Waals surface area contributed by atoms with Gasteiger partial charge in [0, 0.05) is 0 Å². The van der Waals surface area contributed by atoms with Gasteiger partial charge in [-0.3, -0.25) is 14.9 Å². The minimum Gasteiger partial charge on any atom is -0.466 e. The highest BCUT2D eigenvalue weighted by Gasteiger charge is 2.29. The highest BCUT2D eigenvalue weighted by atomic mass is 16.6. The number of carbonyl (C=O) groups is 1. The molecule has 6 nitrogen and oxygen atoms in total. The van der Waals surface area contributed by atoms with Crippen LogP contribution in [0.25, 0.3) is 0 Å². The van der Waals surface area contributed by atoms with E-state index in [0.717, 1.165) is 6.26 Å². The number of carbonyl (C=O) groups excluding carboxylic acids is 1. The molecule has 0 spiro atoms. The van der Waals surface area contributed by atoms with Crippen LogP contribution in [0.5, 0.6) is 0 Å². The lowest BCUT2D eigenvalue weighted by atomic mass is 9.98. The van der Waals surface area contributed by atoms with E-state index in [2.05, 4.69) is 0 Å². The summed E-state index contributed by atoms with van der Waals surface area (Å²) in [5, 5.41) is 10.7. The molecule has 1 unspecified atom stereocenters. The average Bonchev–Trinajstić information content (AvgIpc) is 2.68. The molecular formula is C10H13NO5. The minimum atomic E-state index is -0.640. The maximum atomic E-state index is 11.6. The Labute approximate surface area is 92.3 Å². The molecule has 0 aliphatic carbocycles. The molecule has 0 saturated carbocycles. The summed E-state index contributed by atoms with van der Waals surface area (Å²) in [6, 6.07) is 0. The zero-order chi connectivity index (χ0) is 12.1. The molecule has 0 aromatic carbocycles. The van der Waals surface area contributed by atoms with Gasteiger partial charge in [0.15, 0.2) is 6.26 Å². The van der Waals surface area contributed by atoms with Crippen molar-refractivity contribution in [1.82, 2.24) is 0 Å². The van der Waals surface area contributed by atoms with E-state index in [1.165, 1.54) is 6.26 Å². The van der Waals surface area contributed by atoms with Crippen molar-refractivity contribution in [2.45, 2.75) is 26.2 Å². The van der Waals surface area contributed by atoms with Crippen molar-refractivity contribution in [3.8, 4) is 0 Å². The predicted octanol–water partition coefficient (Wildman–Crippen LogP) is 2.24. The Kier molecular flexibility index (Phi) is 4.04. The lowest BCUT2D eigenvalue weighted by Gasteiger charge is -2.10. The molecule has 16 heavy (non-hydrogen) atoms. The first kappa shape index (κ1) is 12.2. The molecule has 1 rings (SSSR count). The van der Waals surface area contributed by atoms with Gasteiger partial charge in [-0.1, -0.05) is 6.92 Å². The monoisotopic (exact) mass is 227 g/mol. The van der Waals surface area contributed by atoms with Crippen LogP contribution in [-0.4, -0.2) is 17.5 Å². The van der Waals surface area contributed by atoms with Crippen LogP contribution in [0.3, 0.4) is 0 Å². The highest BCUT2D eigenvalue weighted by Crippen LogP contribution is 2.30. The summed E-state index contributed by atoms with van der Waals surface area (Å²) in [5.74, 6) is -1.10. The van der Waals surface area contributed by atoms with E-state index in [0.29, 0.717) is 6.42 Å². The number of esters is 1. The Morgan fingerprint density at radius 3 is 2.75 bits per heavy atom. The molecule has 0 aliphatic rings. The maximum Gasteiger partial charge on any atom is 0.313 e. The predicted molar refractivity (Wildman–Crippen MR) is 55.0 cm³/mol. The van der Waals surface area contributed by atoms with Crippen molar-refractivity contribution in [1.29, 1.82) is 0 Å². The van der Waals surface area contributed by atoms with Gasteiger partial charge in [-0.2, -0.15) is 0 Å². The Hall–Kier alpha value is -1.85. The van der Waals surface area contributed by atoms with Crippen molar-refractivity contribution in [2.24, 2.45) is 0 Å². The molecule has 1 aromatic rings. The first-order valence-corrected chi connectivity index (χ1v) is 4.98. The Morgan fingerprint density at radius 1 is 1.56 bits per heavy atom. The van der Waals surface area contributed by atoms with Crippen molar-refractivity contribution >= 4 is 11.7 Å². The standard InChI is InChI=1S/C10H13NO5/c1-3-7(10(12)16-4-2)8-5-15-6-9(8)11(13)14/h5-7H,3-4H2,1-2H3. The molecule has 0 amide bonds. The van der Waals surface area contributed by atoms with E-state index in [-0.39, 0.29) is 17.9 Å². The summed E-state index contributed by atoms with van der Waals surface area (Å²) in [5.41, 5.74) is 0.0888. The van der Waals surface area contributed by atoms with E-state index >= 15 is 0 Å². The fourth-order valence-corrected chi connectivity index (χ4v) is 1.47. The average molecular weight is 227 g/mol. The molecule has 88 valence electrons. The molecular weight excluding hydrogens is 214 g/mol. The van der Waals surface area contributed by atoms with Gasteiger partial charge < -0.3 is 9.15 Å². The van der Waals surface area contributed by atoms with Crippen LogP contribution >= 0.6 is 0 Å². The third-order valence-electron chi connectivity index (χ3n) is 2.22. The summed E-state index contributed by atoms with van der Waals surface area (Å²) in [6.07, 6.45) is 2.68. The second kappa shape index (κ2) is 5.29. The summed E-state index contributed by atoms with van der Waals surface area (Å²) in [4.78, 5) is 21.7. The second-order valence-corrected chi connectivity index (χ2v) is 3.18. The van der Waals surface area contributed by atoms with E-state index in [9.17, 15) is 14.9 Å². The quantitative estimate of drug-likeness (QED) is 0.437. The van der Waals surface area contributed by atoms with Gasteiger partial charge in [-0.15, -0.1) is 0 Å². The topological polar surface area (TPSA) is 82.6 Å². The van der Waals surface area contributed by atoms with Gasteiger partial charge in [-0.05, 0) is 13.3 Å². The molecule has 0 aliphatic heterocycles. The van der Waals surface area contributed by atoms with Crippen molar-refractivity contribution in [3.05, 3.63) is 28.2 Å². The van der Waals surface area contributed by atoms with Gasteiger partial charge in [-0.25, -0.2) is 0 Å². The largest absolute Gasteiger partial charge is 0.466 e. The van der Waals surface area contributed by atoms with Crippen LogP contribution in [0.4, 0.5) is 5.69 Å². The normalized spacial score (nSPS) is 12.1. The van der Waals surface area contributed by atoms with Gasteiger partial charge in [0.1, 0.15) is 6.26 Å². The molecule has 1 aromatic heterocycles. The van der Waals surface area contributed by atoms with E-state index in [1.54, 1.807) is 13.8 Å². The fourth-order valence-electron chi connectivity index (χ4n) is 1.47. The molecule has 0 radical (unpaired) electrons. The van der Waals surface area contributed by atoms with Crippen LogP contribution in [-0.2, 0) is 9.53 Å². The molecule has 6 heteroatoms. The van der Waals surface area contributed by atoms with E-state index < -0.39 is 16.8 Å². The number of rotatable bonds is 5. The first-order valence-electron chi connectivity index (χ1n) is 4.98. The maximum absolute atomic E-state index is 11.6. The fraction of sp³-hybridized carbons (Fsp3) is 0.500. The van der Waals surface area contributed by atoms with E-state index in [4.69, 9.17) is 9.15 Å². The van der Waals surface area contributed by atoms with Gasteiger partial charge in [0.05, 0.1) is 23.0 Å². The number of hydrogen-bond acceptors (Lipinski definition) is 5. The van der Waals surface area contributed by atoms with Crippen LogP contribution in [0, 0.1) is 10.1 Å². The van der Waals surface area contributed by atoms with Gasteiger partial charge in [0.25, 0.3) is 0 Å². The van der Waals surface area contributed by atoms with Crippen LogP contribution < -0.4 is 0 Å². The molecule has 0 saturated heterocycles. The summed E-state index contributed by atoms with van der Waals surface area (Å²) in [6.45, 7) is 3.70. The number of nitro groups is 1. The molecule has 1 atom stereocenters. The van der Waals surface area contributed by atoms with Crippen molar-refractivity contribution in [3.63, 3.8) is 0 Å². The Morgan fingerprint density at radius 2 is 2.25 bits per heavy atom. The molecule has 0 bridgehead atoms. The number of nitrogens with zero attached hydrogens (tertiary/aromatic N) is 1. The van der Waals surface area contributed by atoms with Gasteiger partial charge >= 0.3 is 11.7 Å². The number of hydrogen-bond donors (Lipinski definition) is 0. The third kappa shape index (κ3) is 2.39. The van der Waals surface area contributed by atoms with Crippen LogP contribution in [0.1, 0.15) is 31.7 Å². The smallest absolute Gasteiger partial charge is 0.313 e. The van der Waals surface area contributed by atoms with E-state index in [1.807, 2.05) is 0 Å². The van der Waals surface area contributed by atoms with Crippen LogP contribution in [0.15, 0.2) is 16.9 Å². The first-order chi connectivity index (χ1) is 7.61. The Balaban J connectivity index is 2.99. The summed E-state index contributed by atoms with van der Waals surface area (Å²) >= 11 is 0. The Bertz CT molecular complexity index is 384. The number of ether oxygens (including phenoxy) is 1. The molecule has 0 N–H and O–H groups in total. The van der Waals surface area contributed by atoms with Crippen molar-refractivity contribution < 1.29 is 18.9 Å². The van der Waals surface area contributed by atoms with Crippen LogP contribution in [0.2, 0.25) is 0 Å². The third-order valence-corrected chi connectivity index (χ3v) is 2.22. The minimum absolute atomic E-state index is 0.181. The molecule has 0 fully saturated rings. The van der Waals surface area contributed by atoms with Gasteiger partial charge in [0.2, 0.25) is 0 Å². The lowest BCUT2D eigenvalue weighted by Crippen LogP contribution is -2.15. The zero-order valence-corrected chi connectivity index (χ0v) is 9.13. The second-order valence-electron chi connectivity index (χ2n) is 3.18. The lowest BCUT2D eigenvalue weighted by molar-refractivity contribution is -0.386. The summed E-state index contributed by atoms with van der Waals surface area (Å²) in [7, 11) is 0. The highest BCUT2D eigenvalue weighted by molar-refractivity contribution is 5.79. The SMILES string of the molecule is CCOC(=O)C(CC)c1cocc1[N+](=O)[O-]. The zero-order valence-electron chi connectivity index (χ0n) is 9.13.